The van der Waals surface area contributed by atoms with Crippen molar-refractivity contribution in [3.8, 4) is 0 Å². The molecule has 2 rings (SSSR count). The Morgan fingerprint density at radius 3 is 2.27 bits per heavy atom. The SMILES string of the molecule is Cc1cc(S(=O)(=O)N2CCN(CC(=O)N(C)C)CC2)c(C)s1. The van der Waals surface area contributed by atoms with E-state index in [4.69, 9.17) is 0 Å². The highest BCUT2D eigenvalue weighted by atomic mass is 32.2. The van der Waals surface area contributed by atoms with Crippen LogP contribution in [0.5, 0.6) is 0 Å². The lowest BCUT2D eigenvalue weighted by Gasteiger charge is -2.33. The lowest BCUT2D eigenvalue weighted by Crippen LogP contribution is -2.50. The first-order valence-corrected chi connectivity index (χ1v) is 9.47. The van der Waals surface area contributed by atoms with Crippen LogP contribution in [0.3, 0.4) is 0 Å². The number of hydrogen-bond acceptors (Lipinski definition) is 5. The Morgan fingerprint density at radius 1 is 1.23 bits per heavy atom. The van der Waals surface area contributed by atoms with E-state index in [1.165, 1.54) is 15.6 Å². The Hall–Kier alpha value is -0.960. The molecule has 1 aliphatic rings. The number of hydrogen-bond donors (Lipinski definition) is 0. The van der Waals surface area contributed by atoms with Crippen molar-refractivity contribution in [1.82, 2.24) is 14.1 Å². The Kier molecular flexibility index (Phi) is 5.26. The number of piperazine rings is 1. The molecule has 0 atom stereocenters. The van der Waals surface area contributed by atoms with E-state index in [0.717, 1.165) is 9.75 Å². The predicted molar refractivity (Wildman–Crippen MR) is 87.7 cm³/mol. The summed E-state index contributed by atoms with van der Waals surface area (Å²) in [6.07, 6.45) is 0. The van der Waals surface area contributed by atoms with Crippen LogP contribution < -0.4 is 0 Å². The predicted octanol–water partition coefficient (Wildman–Crippen LogP) is 0.759. The normalized spacial score (nSPS) is 17.6. The maximum Gasteiger partial charge on any atom is 0.244 e. The summed E-state index contributed by atoms with van der Waals surface area (Å²) >= 11 is 1.51. The average molecular weight is 345 g/mol. The summed E-state index contributed by atoms with van der Waals surface area (Å²) in [5, 5.41) is 0. The number of rotatable bonds is 4. The molecule has 1 aromatic heterocycles. The highest BCUT2D eigenvalue weighted by molar-refractivity contribution is 7.89. The Bertz CT molecular complexity index is 644. The lowest BCUT2D eigenvalue weighted by atomic mass is 10.3. The molecule has 22 heavy (non-hydrogen) atoms. The van der Waals surface area contributed by atoms with E-state index in [1.807, 2.05) is 18.7 Å². The van der Waals surface area contributed by atoms with Crippen LogP contribution in [-0.4, -0.2) is 75.2 Å². The van der Waals surface area contributed by atoms with Gasteiger partial charge in [0.05, 0.1) is 11.4 Å². The van der Waals surface area contributed by atoms with E-state index in [2.05, 4.69) is 0 Å². The maximum absolute atomic E-state index is 12.7. The van der Waals surface area contributed by atoms with Gasteiger partial charge in [-0.1, -0.05) is 0 Å². The second-order valence-electron chi connectivity index (χ2n) is 5.75. The van der Waals surface area contributed by atoms with Crippen molar-refractivity contribution in [2.24, 2.45) is 0 Å². The molecule has 0 saturated carbocycles. The number of sulfonamides is 1. The zero-order valence-corrected chi connectivity index (χ0v) is 15.1. The summed E-state index contributed by atoms with van der Waals surface area (Å²) in [5.74, 6) is 0.0422. The highest BCUT2D eigenvalue weighted by Crippen LogP contribution is 2.28. The zero-order chi connectivity index (χ0) is 16.5. The van der Waals surface area contributed by atoms with E-state index in [1.54, 1.807) is 25.1 Å². The van der Waals surface area contributed by atoms with Crippen LogP contribution in [0.25, 0.3) is 0 Å². The molecule has 1 saturated heterocycles. The number of thiophene rings is 1. The molecule has 1 aromatic rings. The quantitative estimate of drug-likeness (QED) is 0.808. The van der Waals surface area contributed by atoms with Crippen molar-refractivity contribution < 1.29 is 13.2 Å². The van der Waals surface area contributed by atoms with Gasteiger partial charge >= 0.3 is 0 Å². The van der Waals surface area contributed by atoms with Gasteiger partial charge in [-0.2, -0.15) is 4.31 Å². The van der Waals surface area contributed by atoms with Gasteiger partial charge in [0.15, 0.2) is 0 Å². The third kappa shape index (κ3) is 3.68. The van der Waals surface area contributed by atoms with Crippen LogP contribution in [0.2, 0.25) is 0 Å². The molecular weight excluding hydrogens is 322 g/mol. The molecule has 0 spiro atoms. The fourth-order valence-corrected chi connectivity index (χ4v) is 5.41. The monoisotopic (exact) mass is 345 g/mol. The van der Waals surface area contributed by atoms with Gasteiger partial charge in [0, 0.05) is 50.0 Å². The highest BCUT2D eigenvalue weighted by Gasteiger charge is 2.31. The largest absolute Gasteiger partial charge is 0.348 e. The number of aryl methyl sites for hydroxylation is 2. The molecule has 0 unspecified atom stereocenters. The number of likely N-dealkylation sites (N-methyl/N-ethyl adjacent to an activating group) is 1. The van der Waals surface area contributed by atoms with Crippen molar-refractivity contribution >= 4 is 27.3 Å². The summed E-state index contributed by atoms with van der Waals surface area (Å²) < 4.78 is 26.9. The number of amides is 1. The van der Waals surface area contributed by atoms with Crippen molar-refractivity contribution in [3.05, 3.63) is 15.8 Å². The average Bonchev–Trinajstić information content (AvgIpc) is 2.79. The van der Waals surface area contributed by atoms with E-state index in [0.29, 0.717) is 37.6 Å². The minimum Gasteiger partial charge on any atom is -0.348 e. The molecule has 6 nitrogen and oxygen atoms in total. The van der Waals surface area contributed by atoms with Gasteiger partial charge in [-0.3, -0.25) is 9.69 Å². The lowest BCUT2D eigenvalue weighted by molar-refractivity contribution is -0.130. The summed E-state index contributed by atoms with van der Waals surface area (Å²) in [6.45, 7) is 6.13. The van der Waals surface area contributed by atoms with Gasteiger partial charge in [-0.15, -0.1) is 11.3 Å². The Balaban J connectivity index is 2.02. The fourth-order valence-electron chi connectivity index (χ4n) is 2.46. The first kappa shape index (κ1) is 17.4. The molecule has 1 aliphatic heterocycles. The first-order chi connectivity index (χ1) is 10.2. The molecule has 1 amide bonds. The summed E-state index contributed by atoms with van der Waals surface area (Å²) in [7, 11) is 0.0355. The third-order valence-electron chi connectivity index (χ3n) is 3.80. The molecule has 124 valence electrons. The van der Waals surface area contributed by atoms with Gasteiger partial charge in [0.1, 0.15) is 0 Å². The standard InChI is InChI=1S/C14H23N3O3S2/c1-11-9-13(12(2)21-11)22(19,20)17-7-5-16(6-8-17)10-14(18)15(3)4/h9H,5-8,10H2,1-4H3. The van der Waals surface area contributed by atoms with Crippen LogP contribution in [0.4, 0.5) is 0 Å². The summed E-state index contributed by atoms with van der Waals surface area (Å²) in [6, 6.07) is 1.75. The van der Waals surface area contributed by atoms with Crippen LogP contribution in [0, 0.1) is 13.8 Å². The molecule has 1 fully saturated rings. The topological polar surface area (TPSA) is 60.9 Å². The molecule has 0 N–H and O–H groups in total. The summed E-state index contributed by atoms with van der Waals surface area (Å²) in [4.78, 5) is 17.5. The minimum atomic E-state index is -3.42. The van der Waals surface area contributed by atoms with Gasteiger partial charge in [-0.25, -0.2) is 8.42 Å². The number of carbonyl (C=O) groups is 1. The minimum absolute atomic E-state index is 0.0422. The third-order valence-corrected chi connectivity index (χ3v) is 6.92. The van der Waals surface area contributed by atoms with Crippen molar-refractivity contribution in [2.75, 3.05) is 46.8 Å². The van der Waals surface area contributed by atoms with E-state index < -0.39 is 10.0 Å². The second kappa shape index (κ2) is 6.66. The second-order valence-corrected chi connectivity index (χ2v) is 9.11. The Labute approximate surface area is 136 Å². The van der Waals surface area contributed by atoms with Crippen molar-refractivity contribution in [3.63, 3.8) is 0 Å². The molecule has 0 radical (unpaired) electrons. The Morgan fingerprint density at radius 2 is 1.82 bits per heavy atom. The summed E-state index contributed by atoms with van der Waals surface area (Å²) in [5.41, 5.74) is 0. The number of carbonyl (C=O) groups excluding carboxylic acids is 1. The molecular formula is C14H23N3O3S2. The van der Waals surface area contributed by atoms with Gasteiger partial charge in [0.25, 0.3) is 0 Å². The zero-order valence-electron chi connectivity index (χ0n) is 13.5. The molecule has 0 bridgehead atoms. The molecule has 2 heterocycles. The van der Waals surface area contributed by atoms with E-state index >= 15 is 0 Å². The van der Waals surface area contributed by atoms with Crippen LogP contribution >= 0.6 is 11.3 Å². The fraction of sp³-hybridized carbons (Fsp3) is 0.643. The van der Waals surface area contributed by atoms with Crippen molar-refractivity contribution in [2.45, 2.75) is 18.7 Å². The van der Waals surface area contributed by atoms with Crippen LogP contribution in [0.15, 0.2) is 11.0 Å². The molecule has 0 aliphatic carbocycles. The van der Waals surface area contributed by atoms with E-state index in [-0.39, 0.29) is 5.91 Å². The molecule has 0 aromatic carbocycles. The first-order valence-electron chi connectivity index (χ1n) is 7.21. The van der Waals surface area contributed by atoms with Crippen LogP contribution in [-0.2, 0) is 14.8 Å². The number of nitrogens with zero attached hydrogens (tertiary/aromatic N) is 3. The van der Waals surface area contributed by atoms with Gasteiger partial charge < -0.3 is 4.90 Å². The van der Waals surface area contributed by atoms with Gasteiger partial charge in [0.2, 0.25) is 15.9 Å². The van der Waals surface area contributed by atoms with Crippen molar-refractivity contribution in [1.29, 1.82) is 0 Å². The van der Waals surface area contributed by atoms with Crippen LogP contribution in [0.1, 0.15) is 9.75 Å². The van der Waals surface area contributed by atoms with Gasteiger partial charge in [-0.05, 0) is 19.9 Å². The van der Waals surface area contributed by atoms with E-state index in [9.17, 15) is 13.2 Å². The maximum atomic E-state index is 12.7. The molecule has 8 heteroatoms. The smallest absolute Gasteiger partial charge is 0.244 e.